The van der Waals surface area contributed by atoms with Gasteiger partial charge in [0.2, 0.25) is 0 Å². The third kappa shape index (κ3) is 1.92. The zero-order valence-corrected chi connectivity index (χ0v) is 9.25. The van der Waals surface area contributed by atoms with Crippen LogP contribution in [-0.2, 0) is 6.54 Å². The highest BCUT2D eigenvalue weighted by molar-refractivity contribution is 6.17. The van der Waals surface area contributed by atoms with Crippen LogP contribution in [0, 0.1) is 6.92 Å². The highest BCUT2D eigenvalue weighted by Crippen LogP contribution is 2.14. The number of rotatable bonds is 3. The molecule has 0 saturated carbocycles. The number of benzene rings is 1. The third-order valence-corrected chi connectivity index (χ3v) is 2.61. The summed E-state index contributed by atoms with van der Waals surface area (Å²) in [4.78, 5) is 11.5. The number of alkyl halides is 1. The van der Waals surface area contributed by atoms with Gasteiger partial charge in [0.05, 0.1) is 5.52 Å². The second-order valence-corrected chi connectivity index (χ2v) is 3.91. The smallest absolute Gasteiger partial charge is 0.408 e. The average Bonchev–Trinajstić information content (AvgIpc) is 2.50. The molecule has 1 aromatic carbocycles. The fraction of sp³-hybridized carbons (Fsp3) is 0.364. The molecule has 1 heterocycles. The predicted octanol–water partition coefficient (Wildman–Crippen LogP) is 2.53. The quantitative estimate of drug-likeness (QED) is 0.753. The van der Waals surface area contributed by atoms with E-state index in [9.17, 15) is 4.79 Å². The number of aryl methyl sites for hydroxylation is 2. The minimum Gasteiger partial charge on any atom is -0.408 e. The van der Waals surface area contributed by atoms with E-state index in [4.69, 9.17) is 16.0 Å². The van der Waals surface area contributed by atoms with Gasteiger partial charge in [-0.25, -0.2) is 4.79 Å². The molecule has 0 atom stereocenters. The van der Waals surface area contributed by atoms with Gasteiger partial charge in [0.25, 0.3) is 0 Å². The second-order valence-electron chi connectivity index (χ2n) is 3.53. The lowest BCUT2D eigenvalue weighted by Gasteiger charge is -1.99. The molecule has 0 saturated heterocycles. The number of hydrogen-bond acceptors (Lipinski definition) is 2. The molecule has 0 N–H and O–H groups in total. The third-order valence-electron chi connectivity index (χ3n) is 2.34. The van der Waals surface area contributed by atoms with Crippen molar-refractivity contribution in [3.8, 4) is 0 Å². The fourth-order valence-electron chi connectivity index (χ4n) is 1.60. The molecule has 15 heavy (non-hydrogen) atoms. The van der Waals surface area contributed by atoms with E-state index in [2.05, 4.69) is 0 Å². The van der Waals surface area contributed by atoms with Crippen molar-refractivity contribution < 1.29 is 4.42 Å². The van der Waals surface area contributed by atoms with Crippen molar-refractivity contribution in [2.45, 2.75) is 19.9 Å². The van der Waals surface area contributed by atoms with E-state index in [1.807, 2.05) is 25.1 Å². The van der Waals surface area contributed by atoms with Crippen LogP contribution in [0.4, 0.5) is 0 Å². The second kappa shape index (κ2) is 4.11. The molecule has 0 radical (unpaired) electrons. The number of aromatic nitrogens is 1. The summed E-state index contributed by atoms with van der Waals surface area (Å²) in [5, 5.41) is 0. The molecule has 0 aliphatic carbocycles. The van der Waals surface area contributed by atoms with Crippen LogP contribution in [0.25, 0.3) is 11.1 Å². The molecule has 1 aromatic heterocycles. The highest BCUT2D eigenvalue weighted by Gasteiger charge is 2.07. The van der Waals surface area contributed by atoms with Gasteiger partial charge >= 0.3 is 5.76 Å². The van der Waals surface area contributed by atoms with E-state index in [0.717, 1.165) is 17.5 Å². The topological polar surface area (TPSA) is 35.1 Å². The molecule has 4 heteroatoms. The summed E-state index contributed by atoms with van der Waals surface area (Å²) >= 11 is 5.60. The van der Waals surface area contributed by atoms with Crippen LogP contribution in [0.15, 0.2) is 27.4 Å². The summed E-state index contributed by atoms with van der Waals surface area (Å²) in [6.45, 7) is 2.58. The van der Waals surface area contributed by atoms with Gasteiger partial charge in [-0.15, -0.1) is 11.6 Å². The Morgan fingerprint density at radius 2 is 2.27 bits per heavy atom. The summed E-state index contributed by atoms with van der Waals surface area (Å²) < 4.78 is 6.76. The summed E-state index contributed by atoms with van der Waals surface area (Å²) in [7, 11) is 0. The molecule has 0 unspecified atom stereocenters. The Morgan fingerprint density at radius 1 is 1.47 bits per heavy atom. The zero-order chi connectivity index (χ0) is 10.8. The Bertz CT molecular complexity index is 527. The maximum Gasteiger partial charge on any atom is 0.419 e. The Morgan fingerprint density at radius 3 is 3.00 bits per heavy atom. The van der Waals surface area contributed by atoms with Crippen molar-refractivity contribution in [2.75, 3.05) is 5.88 Å². The van der Waals surface area contributed by atoms with E-state index in [1.165, 1.54) is 0 Å². The SMILES string of the molecule is Cc1ccc2c(c1)oc(=O)n2CCCCl. The molecule has 2 rings (SSSR count). The Balaban J connectivity index is 2.53. The minimum absolute atomic E-state index is 0.305. The summed E-state index contributed by atoms with van der Waals surface area (Å²) in [5.74, 6) is 0.242. The average molecular weight is 226 g/mol. The summed E-state index contributed by atoms with van der Waals surface area (Å²) in [5.41, 5.74) is 2.58. The van der Waals surface area contributed by atoms with Crippen LogP contribution in [-0.4, -0.2) is 10.4 Å². The number of fused-ring (bicyclic) bond motifs is 1. The molecular formula is C11H12ClNO2. The summed E-state index contributed by atoms with van der Waals surface area (Å²) in [6, 6.07) is 5.74. The van der Waals surface area contributed by atoms with Gasteiger partial charge in [-0.05, 0) is 31.0 Å². The van der Waals surface area contributed by atoms with Crippen LogP contribution in [0.3, 0.4) is 0 Å². The maximum atomic E-state index is 11.5. The molecule has 0 spiro atoms. The van der Waals surface area contributed by atoms with Gasteiger partial charge in [-0.2, -0.15) is 0 Å². The molecule has 0 amide bonds. The number of nitrogens with zero attached hydrogens (tertiary/aromatic N) is 1. The van der Waals surface area contributed by atoms with Crippen LogP contribution in [0.5, 0.6) is 0 Å². The van der Waals surface area contributed by atoms with Crippen LogP contribution in [0.2, 0.25) is 0 Å². The van der Waals surface area contributed by atoms with Crippen molar-refractivity contribution in [1.29, 1.82) is 0 Å². The first-order valence-corrected chi connectivity index (χ1v) is 5.42. The van der Waals surface area contributed by atoms with Crippen molar-refractivity contribution in [3.05, 3.63) is 34.3 Å². The van der Waals surface area contributed by atoms with Crippen molar-refractivity contribution in [3.63, 3.8) is 0 Å². The van der Waals surface area contributed by atoms with Crippen molar-refractivity contribution in [1.82, 2.24) is 4.57 Å². The molecule has 80 valence electrons. The Kier molecular flexibility index (Phi) is 2.82. The number of hydrogen-bond donors (Lipinski definition) is 0. The lowest BCUT2D eigenvalue weighted by molar-refractivity contribution is 0.503. The van der Waals surface area contributed by atoms with Gasteiger partial charge in [-0.1, -0.05) is 6.07 Å². The first-order chi connectivity index (χ1) is 7.22. The Labute approximate surface area is 92.3 Å². The number of oxazole rings is 1. The molecule has 0 aliphatic heterocycles. The van der Waals surface area contributed by atoms with Gasteiger partial charge < -0.3 is 4.42 Å². The lowest BCUT2D eigenvalue weighted by atomic mass is 10.2. The normalized spacial score (nSPS) is 11.1. The van der Waals surface area contributed by atoms with E-state index in [0.29, 0.717) is 18.0 Å². The maximum absolute atomic E-state index is 11.5. The van der Waals surface area contributed by atoms with Gasteiger partial charge in [0.1, 0.15) is 0 Å². The predicted molar refractivity (Wildman–Crippen MR) is 60.5 cm³/mol. The molecule has 0 aliphatic rings. The lowest BCUT2D eigenvalue weighted by Crippen LogP contribution is -2.14. The van der Waals surface area contributed by atoms with E-state index < -0.39 is 0 Å². The minimum atomic E-state index is -0.305. The van der Waals surface area contributed by atoms with Crippen molar-refractivity contribution in [2.24, 2.45) is 0 Å². The molecule has 3 nitrogen and oxygen atoms in total. The van der Waals surface area contributed by atoms with Crippen LogP contribution < -0.4 is 5.76 Å². The zero-order valence-electron chi connectivity index (χ0n) is 8.50. The number of halogens is 1. The monoisotopic (exact) mass is 225 g/mol. The molecule has 0 fully saturated rings. The van der Waals surface area contributed by atoms with E-state index in [1.54, 1.807) is 4.57 Å². The standard InChI is InChI=1S/C11H12ClNO2/c1-8-3-4-9-10(7-8)15-11(14)13(9)6-2-5-12/h3-4,7H,2,5-6H2,1H3. The first-order valence-electron chi connectivity index (χ1n) is 4.88. The fourth-order valence-corrected chi connectivity index (χ4v) is 1.72. The summed E-state index contributed by atoms with van der Waals surface area (Å²) in [6.07, 6.45) is 0.768. The van der Waals surface area contributed by atoms with E-state index in [-0.39, 0.29) is 5.76 Å². The van der Waals surface area contributed by atoms with Crippen LogP contribution in [0.1, 0.15) is 12.0 Å². The van der Waals surface area contributed by atoms with Gasteiger partial charge in [0, 0.05) is 12.4 Å². The molecule has 2 aromatic rings. The van der Waals surface area contributed by atoms with Gasteiger partial charge in [0.15, 0.2) is 5.58 Å². The molecule has 0 bridgehead atoms. The largest absolute Gasteiger partial charge is 0.419 e. The van der Waals surface area contributed by atoms with Gasteiger partial charge in [-0.3, -0.25) is 4.57 Å². The van der Waals surface area contributed by atoms with E-state index >= 15 is 0 Å². The highest BCUT2D eigenvalue weighted by atomic mass is 35.5. The molecular weight excluding hydrogens is 214 g/mol. The van der Waals surface area contributed by atoms with Crippen molar-refractivity contribution >= 4 is 22.7 Å². The van der Waals surface area contributed by atoms with Crippen LogP contribution >= 0.6 is 11.6 Å². The Hall–Kier alpha value is -1.22. The first kappa shape index (κ1) is 10.3.